The molecule has 1 heterocycles. The summed E-state index contributed by atoms with van der Waals surface area (Å²) < 4.78 is 44.5. The van der Waals surface area contributed by atoms with Crippen LogP contribution in [0.15, 0.2) is 23.1 Å². The molecule has 0 saturated carbocycles. The highest BCUT2D eigenvalue weighted by Gasteiger charge is 2.31. The quantitative estimate of drug-likeness (QED) is 0.895. The van der Waals surface area contributed by atoms with Gasteiger partial charge in [-0.2, -0.15) is 4.31 Å². The molecule has 5 nitrogen and oxygen atoms in total. The predicted octanol–water partition coefficient (Wildman–Crippen LogP) is 1.25. The Morgan fingerprint density at radius 1 is 1.50 bits per heavy atom. The van der Waals surface area contributed by atoms with Crippen LogP contribution in [-0.2, 0) is 14.8 Å². The molecule has 1 unspecified atom stereocenters. The van der Waals surface area contributed by atoms with Crippen molar-refractivity contribution < 1.29 is 17.5 Å². The van der Waals surface area contributed by atoms with Gasteiger partial charge in [-0.15, -0.1) is 12.4 Å². The van der Waals surface area contributed by atoms with Gasteiger partial charge in [-0.25, -0.2) is 12.8 Å². The van der Waals surface area contributed by atoms with Crippen molar-refractivity contribution in [1.29, 1.82) is 0 Å². The lowest BCUT2D eigenvalue weighted by molar-refractivity contribution is 0.00450. The van der Waals surface area contributed by atoms with Crippen molar-refractivity contribution in [1.82, 2.24) is 4.31 Å². The minimum absolute atomic E-state index is 0. The smallest absolute Gasteiger partial charge is 0.244 e. The van der Waals surface area contributed by atoms with Crippen LogP contribution in [0.4, 0.5) is 4.39 Å². The van der Waals surface area contributed by atoms with Gasteiger partial charge in [0.1, 0.15) is 10.7 Å². The Labute approximate surface area is 128 Å². The molecule has 9 heteroatoms. The van der Waals surface area contributed by atoms with Crippen molar-refractivity contribution >= 4 is 34.0 Å². The summed E-state index contributed by atoms with van der Waals surface area (Å²) in [6.45, 7) is 0.828. The van der Waals surface area contributed by atoms with E-state index in [2.05, 4.69) is 0 Å². The van der Waals surface area contributed by atoms with E-state index < -0.39 is 15.8 Å². The van der Waals surface area contributed by atoms with Crippen molar-refractivity contribution in [3.63, 3.8) is 0 Å². The van der Waals surface area contributed by atoms with Gasteiger partial charge in [0.05, 0.1) is 17.7 Å². The van der Waals surface area contributed by atoms with Gasteiger partial charge >= 0.3 is 0 Å². The van der Waals surface area contributed by atoms with Gasteiger partial charge in [-0.1, -0.05) is 11.6 Å². The van der Waals surface area contributed by atoms with Crippen LogP contribution in [0.3, 0.4) is 0 Å². The van der Waals surface area contributed by atoms with Crippen LogP contribution in [0.25, 0.3) is 0 Å². The van der Waals surface area contributed by atoms with Crippen LogP contribution < -0.4 is 5.73 Å². The molecular weight excluding hydrogens is 330 g/mol. The molecule has 0 radical (unpaired) electrons. The Kier molecular flexibility index (Phi) is 6.18. The molecule has 1 aromatic rings. The molecule has 20 heavy (non-hydrogen) atoms. The van der Waals surface area contributed by atoms with Gasteiger partial charge in [0, 0.05) is 19.6 Å². The number of halogens is 3. The fourth-order valence-corrected chi connectivity index (χ4v) is 3.81. The molecule has 0 aromatic heterocycles. The summed E-state index contributed by atoms with van der Waals surface area (Å²) in [5.41, 5.74) is 5.47. The van der Waals surface area contributed by atoms with Crippen molar-refractivity contribution in [3.05, 3.63) is 29.0 Å². The highest BCUT2D eigenvalue weighted by molar-refractivity contribution is 7.89. The van der Waals surface area contributed by atoms with Gasteiger partial charge in [0.25, 0.3) is 0 Å². The average molecular weight is 345 g/mol. The third-order valence-electron chi connectivity index (χ3n) is 2.88. The molecule has 1 aliphatic rings. The minimum Gasteiger partial charge on any atom is -0.374 e. The van der Waals surface area contributed by atoms with E-state index in [1.807, 2.05) is 0 Å². The molecule has 114 valence electrons. The largest absolute Gasteiger partial charge is 0.374 e. The van der Waals surface area contributed by atoms with E-state index in [0.29, 0.717) is 0 Å². The summed E-state index contributed by atoms with van der Waals surface area (Å²) >= 11 is 5.84. The fraction of sp³-hybridized carbons (Fsp3) is 0.455. The summed E-state index contributed by atoms with van der Waals surface area (Å²) in [5.74, 6) is -0.647. The molecule has 1 aromatic carbocycles. The van der Waals surface area contributed by atoms with Gasteiger partial charge in [0.2, 0.25) is 10.0 Å². The van der Waals surface area contributed by atoms with Crippen molar-refractivity contribution in [3.8, 4) is 0 Å². The number of morpholine rings is 1. The molecule has 1 saturated heterocycles. The van der Waals surface area contributed by atoms with Gasteiger partial charge in [-0.05, 0) is 18.2 Å². The van der Waals surface area contributed by atoms with E-state index in [1.165, 1.54) is 10.4 Å². The SMILES string of the molecule is Cl.NCC1CN(S(=O)(=O)c2cc(F)ccc2Cl)CCO1. The molecule has 0 spiro atoms. The van der Waals surface area contributed by atoms with Crippen molar-refractivity contribution in [2.75, 3.05) is 26.2 Å². The first-order valence-electron chi connectivity index (χ1n) is 5.72. The third-order valence-corrected chi connectivity index (χ3v) is 5.22. The number of nitrogens with zero attached hydrogens (tertiary/aromatic N) is 1. The summed E-state index contributed by atoms with van der Waals surface area (Å²) in [7, 11) is -3.83. The van der Waals surface area contributed by atoms with Crippen molar-refractivity contribution in [2.24, 2.45) is 5.73 Å². The summed E-state index contributed by atoms with van der Waals surface area (Å²) in [6, 6.07) is 3.26. The lowest BCUT2D eigenvalue weighted by Crippen LogP contribution is -2.48. The maximum atomic E-state index is 13.2. The number of ether oxygens (including phenoxy) is 1. The number of nitrogens with two attached hydrogens (primary N) is 1. The molecule has 2 rings (SSSR count). The number of hydrogen-bond acceptors (Lipinski definition) is 4. The first-order chi connectivity index (χ1) is 8.95. The zero-order valence-electron chi connectivity index (χ0n) is 10.5. The second kappa shape index (κ2) is 7.02. The Balaban J connectivity index is 0.00000200. The molecular formula is C11H15Cl2FN2O3S. The Morgan fingerprint density at radius 3 is 2.85 bits per heavy atom. The van der Waals surface area contributed by atoms with Gasteiger partial charge < -0.3 is 10.5 Å². The van der Waals surface area contributed by atoms with Crippen LogP contribution in [0.5, 0.6) is 0 Å². The summed E-state index contributed by atoms with van der Waals surface area (Å²) in [5, 5.41) is -0.00260. The third kappa shape index (κ3) is 3.60. The number of hydrogen-bond donors (Lipinski definition) is 1. The van der Waals surface area contributed by atoms with Crippen LogP contribution in [-0.4, -0.2) is 45.1 Å². The lowest BCUT2D eigenvalue weighted by atomic mass is 10.3. The maximum Gasteiger partial charge on any atom is 0.244 e. The van der Waals surface area contributed by atoms with E-state index in [1.54, 1.807) is 0 Å². The van der Waals surface area contributed by atoms with E-state index in [4.69, 9.17) is 22.1 Å². The number of sulfonamides is 1. The Hall–Kier alpha value is -0.440. The molecule has 1 aliphatic heterocycles. The number of rotatable bonds is 3. The zero-order valence-corrected chi connectivity index (χ0v) is 12.8. The number of benzene rings is 1. The van der Waals surface area contributed by atoms with Gasteiger partial charge in [-0.3, -0.25) is 0 Å². The first kappa shape index (κ1) is 17.6. The van der Waals surface area contributed by atoms with Crippen LogP contribution in [0, 0.1) is 5.82 Å². The first-order valence-corrected chi connectivity index (χ1v) is 7.54. The van der Waals surface area contributed by atoms with E-state index in [0.717, 1.165) is 12.1 Å². The zero-order chi connectivity index (χ0) is 14.0. The second-order valence-electron chi connectivity index (χ2n) is 4.17. The lowest BCUT2D eigenvalue weighted by Gasteiger charge is -2.31. The van der Waals surface area contributed by atoms with Crippen LogP contribution in [0.1, 0.15) is 0 Å². The van der Waals surface area contributed by atoms with Crippen molar-refractivity contribution in [2.45, 2.75) is 11.0 Å². The topological polar surface area (TPSA) is 72.6 Å². The minimum atomic E-state index is -3.83. The van der Waals surface area contributed by atoms with E-state index >= 15 is 0 Å². The monoisotopic (exact) mass is 344 g/mol. The van der Waals surface area contributed by atoms with Gasteiger partial charge in [0.15, 0.2) is 0 Å². The molecule has 0 bridgehead atoms. The van der Waals surface area contributed by atoms with Crippen LogP contribution in [0.2, 0.25) is 5.02 Å². The molecule has 1 fully saturated rings. The van der Waals surface area contributed by atoms with Crippen LogP contribution >= 0.6 is 24.0 Å². The Bertz CT molecular complexity index is 571. The fourth-order valence-electron chi connectivity index (χ4n) is 1.87. The molecule has 0 aliphatic carbocycles. The summed E-state index contributed by atoms with van der Waals surface area (Å²) in [4.78, 5) is -0.230. The maximum absolute atomic E-state index is 13.2. The van der Waals surface area contributed by atoms with E-state index in [-0.39, 0.29) is 54.7 Å². The highest BCUT2D eigenvalue weighted by atomic mass is 35.5. The summed E-state index contributed by atoms with van der Waals surface area (Å²) in [6.07, 6.45) is -0.351. The highest BCUT2D eigenvalue weighted by Crippen LogP contribution is 2.26. The Morgan fingerprint density at radius 2 is 2.20 bits per heavy atom. The molecule has 1 atom stereocenters. The van der Waals surface area contributed by atoms with E-state index in [9.17, 15) is 12.8 Å². The average Bonchev–Trinajstić information content (AvgIpc) is 2.41. The normalized spacial score (nSPS) is 20.4. The molecule has 0 amide bonds. The second-order valence-corrected chi connectivity index (χ2v) is 6.48. The predicted molar refractivity (Wildman–Crippen MR) is 76.2 cm³/mol. The molecule has 2 N–H and O–H groups in total. The standard InChI is InChI=1S/C11H14ClFN2O3S.ClH/c12-10-2-1-8(13)5-11(10)19(16,17)15-3-4-18-9(6-14)7-15;/h1-2,5,9H,3-4,6-7,14H2;1H.